The number of hydrogen-bond donors (Lipinski definition) is 2. The summed E-state index contributed by atoms with van der Waals surface area (Å²) in [7, 11) is 0. The van der Waals surface area contributed by atoms with Crippen molar-refractivity contribution in [2.24, 2.45) is 5.73 Å². The molecule has 0 aromatic heterocycles. The molecule has 1 unspecified atom stereocenters. The third-order valence-corrected chi connectivity index (χ3v) is 2.71. The van der Waals surface area contributed by atoms with Crippen molar-refractivity contribution in [1.29, 1.82) is 0 Å². The Kier molecular flexibility index (Phi) is 5.62. The fourth-order valence-electron chi connectivity index (χ4n) is 1.83. The summed E-state index contributed by atoms with van der Waals surface area (Å²) in [6.07, 6.45) is -4.19. The van der Waals surface area contributed by atoms with Crippen molar-refractivity contribution in [2.75, 3.05) is 6.54 Å². The summed E-state index contributed by atoms with van der Waals surface area (Å²) < 4.78 is 36.5. The Hall–Kier alpha value is -1.07. The van der Waals surface area contributed by atoms with Crippen LogP contribution in [0.15, 0.2) is 24.3 Å². The number of halogens is 3. The molecule has 1 atom stereocenters. The molecule has 0 spiro atoms. The maximum absolute atomic E-state index is 12.2. The van der Waals surface area contributed by atoms with Gasteiger partial charge in [0.05, 0.1) is 6.42 Å². The predicted molar refractivity (Wildman–Crippen MR) is 66.2 cm³/mol. The molecule has 0 saturated heterocycles. The molecule has 0 saturated carbocycles. The van der Waals surface area contributed by atoms with Crippen LogP contribution in [-0.2, 0) is 13.0 Å². The Morgan fingerprint density at radius 1 is 1.22 bits per heavy atom. The van der Waals surface area contributed by atoms with E-state index in [1.165, 1.54) is 0 Å². The minimum atomic E-state index is -4.12. The summed E-state index contributed by atoms with van der Waals surface area (Å²) in [6.45, 7) is 2.52. The first-order valence-corrected chi connectivity index (χ1v) is 5.99. The van der Waals surface area contributed by atoms with Crippen molar-refractivity contribution in [3.8, 4) is 0 Å². The summed E-state index contributed by atoms with van der Waals surface area (Å²) >= 11 is 0. The van der Waals surface area contributed by atoms with Crippen molar-refractivity contribution in [3.63, 3.8) is 0 Å². The van der Waals surface area contributed by atoms with Gasteiger partial charge in [0.15, 0.2) is 0 Å². The lowest BCUT2D eigenvalue weighted by Crippen LogP contribution is -2.31. The van der Waals surface area contributed by atoms with Crippen LogP contribution >= 0.6 is 0 Å². The highest BCUT2D eigenvalue weighted by Crippen LogP contribution is 2.21. The molecule has 0 aliphatic heterocycles. The lowest BCUT2D eigenvalue weighted by atomic mass is 10.0. The molecular weight excluding hydrogens is 241 g/mol. The number of hydrogen-bond acceptors (Lipinski definition) is 2. The molecule has 0 heterocycles. The molecule has 1 aromatic rings. The third kappa shape index (κ3) is 5.51. The minimum Gasteiger partial charge on any atom is -0.330 e. The monoisotopic (exact) mass is 260 g/mol. The van der Waals surface area contributed by atoms with E-state index in [2.05, 4.69) is 5.32 Å². The number of nitrogens with one attached hydrogen (secondary N) is 1. The maximum Gasteiger partial charge on any atom is 0.390 e. The Labute approximate surface area is 105 Å². The Morgan fingerprint density at radius 3 is 2.39 bits per heavy atom. The van der Waals surface area contributed by atoms with Crippen LogP contribution in [0, 0.1) is 0 Å². The molecule has 1 rings (SSSR count). The highest BCUT2D eigenvalue weighted by Gasteiger charge is 2.29. The predicted octanol–water partition coefficient (Wildman–Crippen LogP) is 2.62. The zero-order chi connectivity index (χ0) is 13.6. The van der Waals surface area contributed by atoms with Crippen molar-refractivity contribution in [3.05, 3.63) is 35.4 Å². The Bertz CT molecular complexity index is 363. The SMILES string of the molecule is CC(CC(F)(F)F)NCc1ccccc1CCN. The van der Waals surface area contributed by atoms with E-state index in [0.717, 1.165) is 17.5 Å². The highest BCUT2D eigenvalue weighted by atomic mass is 19.4. The molecule has 102 valence electrons. The van der Waals surface area contributed by atoms with Crippen LogP contribution < -0.4 is 11.1 Å². The van der Waals surface area contributed by atoms with E-state index in [4.69, 9.17) is 5.73 Å². The summed E-state index contributed by atoms with van der Waals surface area (Å²) in [5.41, 5.74) is 7.60. The molecule has 0 aliphatic carbocycles. The van der Waals surface area contributed by atoms with E-state index in [9.17, 15) is 13.2 Å². The van der Waals surface area contributed by atoms with Gasteiger partial charge in [-0.3, -0.25) is 0 Å². The van der Waals surface area contributed by atoms with E-state index < -0.39 is 18.6 Å². The van der Waals surface area contributed by atoms with E-state index in [-0.39, 0.29) is 0 Å². The van der Waals surface area contributed by atoms with Gasteiger partial charge in [0.1, 0.15) is 0 Å². The smallest absolute Gasteiger partial charge is 0.330 e. The van der Waals surface area contributed by atoms with Gasteiger partial charge in [0, 0.05) is 12.6 Å². The normalized spacial score (nSPS) is 13.6. The fourth-order valence-corrected chi connectivity index (χ4v) is 1.83. The van der Waals surface area contributed by atoms with E-state index in [1.54, 1.807) is 6.92 Å². The second-order valence-corrected chi connectivity index (χ2v) is 4.41. The molecule has 5 heteroatoms. The summed E-state index contributed by atoms with van der Waals surface area (Å²) in [5, 5.41) is 2.89. The second-order valence-electron chi connectivity index (χ2n) is 4.41. The van der Waals surface area contributed by atoms with E-state index in [0.29, 0.717) is 13.1 Å². The Balaban J connectivity index is 2.52. The van der Waals surface area contributed by atoms with Gasteiger partial charge in [0.2, 0.25) is 0 Å². The van der Waals surface area contributed by atoms with Crippen LogP contribution in [0.2, 0.25) is 0 Å². The van der Waals surface area contributed by atoms with Gasteiger partial charge in [-0.05, 0) is 31.0 Å². The molecule has 0 radical (unpaired) electrons. The van der Waals surface area contributed by atoms with Gasteiger partial charge in [-0.2, -0.15) is 13.2 Å². The third-order valence-electron chi connectivity index (χ3n) is 2.71. The number of benzene rings is 1. The van der Waals surface area contributed by atoms with Crippen molar-refractivity contribution < 1.29 is 13.2 Å². The van der Waals surface area contributed by atoms with Crippen LogP contribution in [0.4, 0.5) is 13.2 Å². The fraction of sp³-hybridized carbons (Fsp3) is 0.538. The van der Waals surface area contributed by atoms with Gasteiger partial charge in [-0.25, -0.2) is 0 Å². The molecule has 1 aromatic carbocycles. The largest absolute Gasteiger partial charge is 0.390 e. The van der Waals surface area contributed by atoms with Gasteiger partial charge in [0.25, 0.3) is 0 Å². The van der Waals surface area contributed by atoms with Crippen LogP contribution in [-0.4, -0.2) is 18.8 Å². The van der Waals surface area contributed by atoms with E-state index >= 15 is 0 Å². The van der Waals surface area contributed by atoms with Gasteiger partial charge >= 0.3 is 6.18 Å². The highest BCUT2D eigenvalue weighted by molar-refractivity contribution is 5.27. The van der Waals surface area contributed by atoms with Crippen molar-refractivity contribution >= 4 is 0 Å². The first-order valence-electron chi connectivity index (χ1n) is 5.99. The molecule has 2 nitrogen and oxygen atoms in total. The first kappa shape index (κ1) is 15.0. The van der Waals surface area contributed by atoms with Gasteiger partial charge in [-0.1, -0.05) is 24.3 Å². The molecule has 3 N–H and O–H groups in total. The van der Waals surface area contributed by atoms with Gasteiger partial charge < -0.3 is 11.1 Å². The second kappa shape index (κ2) is 6.75. The molecule has 0 aliphatic rings. The lowest BCUT2D eigenvalue weighted by Gasteiger charge is -2.17. The molecule has 18 heavy (non-hydrogen) atoms. The molecule has 0 fully saturated rings. The Morgan fingerprint density at radius 2 is 1.83 bits per heavy atom. The summed E-state index contributed by atoms with van der Waals surface area (Å²) in [4.78, 5) is 0. The zero-order valence-electron chi connectivity index (χ0n) is 10.4. The molecule has 0 bridgehead atoms. The van der Waals surface area contributed by atoms with Crippen LogP contribution in [0.25, 0.3) is 0 Å². The van der Waals surface area contributed by atoms with Crippen molar-refractivity contribution in [2.45, 2.75) is 38.5 Å². The summed E-state index contributed by atoms with van der Waals surface area (Å²) in [5.74, 6) is 0. The maximum atomic E-state index is 12.2. The van der Waals surface area contributed by atoms with Crippen molar-refractivity contribution in [1.82, 2.24) is 5.32 Å². The summed E-state index contributed by atoms with van der Waals surface area (Å²) in [6, 6.07) is 7.08. The number of alkyl halides is 3. The first-order chi connectivity index (χ1) is 8.42. The van der Waals surface area contributed by atoms with Crippen LogP contribution in [0.3, 0.4) is 0 Å². The topological polar surface area (TPSA) is 38.0 Å². The number of rotatable bonds is 6. The molecular formula is C13H19F3N2. The molecule has 0 amide bonds. The average molecular weight is 260 g/mol. The zero-order valence-corrected chi connectivity index (χ0v) is 10.4. The average Bonchev–Trinajstić information content (AvgIpc) is 2.26. The minimum absolute atomic E-state index is 0.438. The number of nitrogens with two attached hydrogens (primary N) is 1. The van der Waals surface area contributed by atoms with Gasteiger partial charge in [-0.15, -0.1) is 0 Å². The van der Waals surface area contributed by atoms with E-state index in [1.807, 2.05) is 24.3 Å². The lowest BCUT2D eigenvalue weighted by molar-refractivity contribution is -0.139. The quantitative estimate of drug-likeness (QED) is 0.825. The van der Waals surface area contributed by atoms with Crippen LogP contribution in [0.1, 0.15) is 24.5 Å². The standard InChI is InChI=1S/C13H19F3N2/c1-10(8-13(14,15)16)18-9-12-5-3-2-4-11(12)6-7-17/h2-5,10,18H,6-9,17H2,1H3. The van der Waals surface area contributed by atoms with Crippen LogP contribution in [0.5, 0.6) is 0 Å².